The number of piperidine rings is 1. The van der Waals surface area contributed by atoms with Gasteiger partial charge in [0, 0.05) is 25.8 Å². The molecule has 1 aromatic rings. The average molecular weight is 290 g/mol. The molecule has 0 saturated carbocycles. The van der Waals surface area contributed by atoms with Gasteiger partial charge in [-0.1, -0.05) is 17.9 Å². The Morgan fingerprint density at radius 2 is 2.33 bits per heavy atom. The van der Waals surface area contributed by atoms with Gasteiger partial charge in [0.05, 0.1) is 13.2 Å². The number of hydrogen-bond acceptors (Lipinski definition) is 3. The Kier molecular flexibility index (Phi) is 6.19. The first-order valence-electron chi connectivity index (χ1n) is 7.41. The molecule has 21 heavy (non-hydrogen) atoms. The maximum absolute atomic E-state index is 13.4. The summed E-state index contributed by atoms with van der Waals surface area (Å²) >= 11 is 0. The van der Waals surface area contributed by atoms with Gasteiger partial charge in [-0.05, 0) is 43.0 Å². The number of benzene rings is 1. The van der Waals surface area contributed by atoms with Crippen molar-refractivity contribution in [2.24, 2.45) is 11.7 Å². The van der Waals surface area contributed by atoms with Gasteiger partial charge in [-0.3, -0.25) is 4.90 Å². The van der Waals surface area contributed by atoms with Crippen molar-refractivity contribution in [1.29, 1.82) is 0 Å². The van der Waals surface area contributed by atoms with E-state index in [1.807, 2.05) is 6.07 Å². The Labute approximate surface area is 126 Å². The van der Waals surface area contributed by atoms with Gasteiger partial charge in [-0.2, -0.15) is 0 Å². The van der Waals surface area contributed by atoms with E-state index in [2.05, 4.69) is 16.7 Å². The lowest BCUT2D eigenvalue weighted by molar-refractivity contribution is 0.0873. The summed E-state index contributed by atoms with van der Waals surface area (Å²) in [7, 11) is 1.75. The topological polar surface area (TPSA) is 38.5 Å². The van der Waals surface area contributed by atoms with E-state index in [1.165, 1.54) is 25.0 Å². The van der Waals surface area contributed by atoms with Crippen LogP contribution in [0.3, 0.4) is 0 Å². The van der Waals surface area contributed by atoms with Crippen molar-refractivity contribution in [3.05, 3.63) is 35.1 Å². The molecular weight excluding hydrogens is 267 g/mol. The standard InChI is InChI=1S/C17H23FN2O/c1-21-13-14-4-3-9-20(11-14)12-16-6-7-17(18)10-15(16)5-2-8-19/h6-7,10,14H,3-4,8-9,11-13,19H2,1H3. The van der Waals surface area contributed by atoms with E-state index in [0.29, 0.717) is 5.92 Å². The molecule has 1 saturated heterocycles. The smallest absolute Gasteiger partial charge is 0.124 e. The van der Waals surface area contributed by atoms with E-state index in [0.717, 1.165) is 37.4 Å². The van der Waals surface area contributed by atoms with Gasteiger partial charge in [0.1, 0.15) is 5.82 Å². The van der Waals surface area contributed by atoms with Crippen molar-refractivity contribution in [2.75, 3.05) is 33.4 Å². The molecule has 0 amide bonds. The molecule has 2 rings (SSSR count). The predicted octanol–water partition coefficient (Wildman–Crippen LogP) is 1.99. The predicted molar refractivity (Wildman–Crippen MR) is 82.2 cm³/mol. The minimum atomic E-state index is -0.254. The lowest BCUT2D eigenvalue weighted by Gasteiger charge is -2.32. The highest BCUT2D eigenvalue weighted by atomic mass is 19.1. The van der Waals surface area contributed by atoms with E-state index in [4.69, 9.17) is 10.5 Å². The largest absolute Gasteiger partial charge is 0.384 e. The number of ether oxygens (including phenoxy) is 1. The normalized spacial score (nSPS) is 19.1. The molecule has 1 aliphatic heterocycles. The van der Waals surface area contributed by atoms with Crippen molar-refractivity contribution in [2.45, 2.75) is 19.4 Å². The van der Waals surface area contributed by atoms with Crippen LogP contribution >= 0.6 is 0 Å². The number of nitrogens with two attached hydrogens (primary N) is 1. The molecule has 0 aromatic heterocycles. The van der Waals surface area contributed by atoms with E-state index in [9.17, 15) is 4.39 Å². The van der Waals surface area contributed by atoms with E-state index in [1.54, 1.807) is 7.11 Å². The van der Waals surface area contributed by atoms with Crippen molar-refractivity contribution >= 4 is 0 Å². The van der Waals surface area contributed by atoms with Gasteiger partial charge >= 0.3 is 0 Å². The third-order valence-electron chi connectivity index (χ3n) is 3.80. The number of halogens is 1. The molecule has 4 heteroatoms. The fraction of sp³-hybridized carbons (Fsp3) is 0.529. The summed E-state index contributed by atoms with van der Waals surface area (Å²) in [4.78, 5) is 2.40. The number of nitrogens with zero attached hydrogens (tertiary/aromatic N) is 1. The van der Waals surface area contributed by atoms with Crippen molar-refractivity contribution < 1.29 is 9.13 Å². The summed E-state index contributed by atoms with van der Waals surface area (Å²) in [5, 5.41) is 0. The second-order valence-corrected chi connectivity index (χ2v) is 5.51. The molecule has 1 fully saturated rings. The van der Waals surface area contributed by atoms with Crippen molar-refractivity contribution in [3.8, 4) is 11.8 Å². The first-order chi connectivity index (χ1) is 10.2. The summed E-state index contributed by atoms with van der Waals surface area (Å²) < 4.78 is 18.6. The van der Waals surface area contributed by atoms with Crippen LogP contribution in [0, 0.1) is 23.6 Å². The molecule has 1 heterocycles. The zero-order valence-corrected chi connectivity index (χ0v) is 12.6. The first kappa shape index (κ1) is 16.0. The van der Waals surface area contributed by atoms with Gasteiger partial charge in [0.15, 0.2) is 0 Å². The van der Waals surface area contributed by atoms with Crippen LogP contribution in [0.1, 0.15) is 24.0 Å². The zero-order chi connectivity index (χ0) is 15.1. The van der Waals surface area contributed by atoms with Crippen molar-refractivity contribution in [1.82, 2.24) is 4.90 Å². The van der Waals surface area contributed by atoms with E-state index >= 15 is 0 Å². The fourth-order valence-corrected chi connectivity index (χ4v) is 2.86. The van der Waals surface area contributed by atoms with Crippen LogP contribution in [0.15, 0.2) is 18.2 Å². The summed E-state index contributed by atoms with van der Waals surface area (Å²) in [5.74, 6) is 6.12. The summed E-state index contributed by atoms with van der Waals surface area (Å²) in [6, 6.07) is 4.82. The molecule has 1 atom stereocenters. The van der Waals surface area contributed by atoms with Crippen LogP contribution < -0.4 is 5.73 Å². The third kappa shape index (κ3) is 4.82. The van der Waals surface area contributed by atoms with Crippen LogP contribution in [0.2, 0.25) is 0 Å². The summed E-state index contributed by atoms with van der Waals surface area (Å²) in [5.41, 5.74) is 7.22. The highest BCUT2D eigenvalue weighted by molar-refractivity contribution is 5.41. The molecule has 1 unspecified atom stereocenters. The highest BCUT2D eigenvalue weighted by Crippen LogP contribution is 2.20. The van der Waals surface area contributed by atoms with Crippen LogP contribution in [0.25, 0.3) is 0 Å². The van der Waals surface area contributed by atoms with Crippen LogP contribution in [-0.4, -0.2) is 38.3 Å². The molecule has 0 spiro atoms. The molecule has 114 valence electrons. The van der Waals surface area contributed by atoms with Crippen LogP contribution in [-0.2, 0) is 11.3 Å². The van der Waals surface area contributed by atoms with Gasteiger partial charge in [0.2, 0.25) is 0 Å². The Bertz CT molecular complexity index is 519. The monoisotopic (exact) mass is 290 g/mol. The third-order valence-corrected chi connectivity index (χ3v) is 3.80. The van der Waals surface area contributed by atoms with E-state index < -0.39 is 0 Å². The van der Waals surface area contributed by atoms with Crippen LogP contribution in [0.4, 0.5) is 4.39 Å². The number of likely N-dealkylation sites (tertiary alicyclic amines) is 1. The Hall–Kier alpha value is -1.41. The molecule has 1 aliphatic rings. The van der Waals surface area contributed by atoms with E-state index in [-0.39, 0.29) is 12.4 Å². The van der Waals surface area contributed by atoms with Crippen LogP contribution in [0.5, 0.6) is 0 Å². The first-order valence-corrected chi connectivity index (χ1v) is 7.41. The quantitative estimate of drug-likeness (QED) is 0.862. The molecule has 3 nitrogen and oxygen atoms in total. The average Bonchev–Trinajstić information content (AvgIpc) is 2.48. The van der Waals surface area contributed by atoms with Gasteiger partial charge in [0.25, 0.3) is 0 Å². The molecular formula is C17H23FN2O. The molecule has 2 N–H and O–H groups in total. The molecule has 1 aromatic carbocycles. The maximum atomic E-state index is 13.4. The minimum absolute atomic E-state index is 0.254. The summed E-state index contributed by atoms with van der Waals surface area (Å²) in [6.07, 6.45) is 2.40. The second kappa shape index (κ2) is 8.14. The Balaban J connectivity index is 2.08. The lowest BCUT2D eigenvalue weighted by atomic mass is 9.98. The summed E-state index contributed by atoms with van der Waals surface area (Å²) in [6.45, 7) is 3.99. The number of methoxy groups -OCH3 is 1. The highest BCUT2D eigenvalue weighted by Gasteiger charge is 2.20. The number of hydrogen-bond donors (Lipinski definition) is 1. The zero-order valence-electron chi connectivity index (χ0n) is 12.6. The molecule has 0 bridgehead atoms. The SMILES string of the molecule is COCC1CCCN(Cc2ccc(F)cc2C#CCN)C1. The fourth-order valence-electron chi connectivity index (χ4n) is 2.86. The minimum Gasteiger partial charge on any atom is -0.384 e. The molecule has 0 aliphatic carbocycles. The molecule has 0 radical (unpaired) electrons. The Morgan fingerprint density at radius 1 is 1.48 bits per heavy atom. The van der Waals surface area contributed by atoms with Gasteiger partial charge < -0.3 is 10.5 Å². The lowest BCUT2D eigenvalue weighted by Crippen LogP contribution is -2.36. The maximum Gasteiger partial charge on any atom is 0.124 e. The van der Waals surface area contributed by atoms with Gasteiger partial charge in [-0.15, -0.1) is 0 Å². The Morgan fingerprint density at radius 3 is 3.10 bits per heavy atom. The van der Waals surface area contributed by atoms with Crippen molar-refractivity contribution in [3.63, 3.8) is 0 Å². The number of rotatable bonds is 4. The second-order valence-electron chi connectivity index (χ2n) is 5.51. The van der Waals surface area contributed by atoms with Gasteiger partial charge in [-0.25, -0.2) is 4.39 Å².